The van der Waals surface area contributed by atoms with E-state index in [0.717, 1.165) is 39.3 Å². The molecule has 20 heavy (non-hydrogen) atoms. The van der Waals surface area contributed by atoms with Gasteiger partial charge in [-0.25, -0.2) is 0 Å². The molecule has 1 aromatic carbocycles. The molecular formula is C15H19N3O2. The third-order valence-corrected chi connectivity index (χ3v) is 3.60. The summed E-state index contributed by atoms with van der Waals surface area (Å²) in [5.41, 5.74) is 6.73. The van der Waals surface area contributed by atoms with Crippen LogP contribution in [0.4, 0.5) is 5.69 Å². The molecule has 0 aliphatic carbocycles. The molecule has 0 atom stereocenters. The van der Waals surface area contributed by atoms with E-state index in [9.17, 15) is 0 Å². The summed E-state index contributed by atoms with van der Waals surface area (Å²) in [6.07, 6.45) is 0. The Morgan fingerprint density at radius 1 is 1.20 bits per heavy atom. The Bertz CT molecular complexity index is 668. The molecule has 2 aromatic rings. The lowest BCUT2D eigenvalue weighted by Gasteiger charge is -2.21. The predicted octanol–water partition coefficient (Wildman–Crippen LogP) is 2.72. The van der Waals surface area contributed by atoms with E-state index in [0.29, 0.717) is 19.1 Å². The lowest BCUT2D eigenvalue weighted by atomic mass is 9.96. The van der Waals surface area contributed by atoms with Crippen LogP contribution in [-0.4, -0.2) is 18.2 Å². The van der Waals surface area contributed by atoms with Crippen LogP contribution in [0, 0.1) is 6.92 Å². The highest BCUT2D eigenvalue weighted by Crippen LogP contribution is 2.39. The number of nitrogens with zero attached hydrogens (tertiary/aromatic N) is 1. The van der Waals surface area contributed by atoms with Gasteiger partial charge >= 0.3 is 0 Å². The first-order chi connectivity index (χ1) is 9.61. The molecule has 0 radical (unpaired) electrons. The van der Waals surface area contributed by atoms with Gasteiger partial charge in [0.05, 0.1) is 11.2 Å². The highest BCUT2D eigenvalue weighted by atomic mass is 16.6. The molecule has 0 bridgehead atoms. The second-order valence-electron chi connectivity index (χ2n) is 5.30. The number of rotatable bonds is 2. The van der Waals surface area contributed by atoms with Crippen LogP contribution in [-0.2, 0) is 0 Å². The second kappa shape index (κ2) is 4.83. The summed E-state index contributed by atoms with van der Waals surface area (Å²) < 4.78 is 11.2. The van der Waals surface area contributed by atoms with Crippen LogP contribution in [0.25, 0.3) is 10.9 Å². The number of pyridine rings is 1. The summed E-state index contributed by atoms with van der Waals surface area (Å²) >= 11 is 0. The van der Waals surface area contributed by atoms with E-state index in [-0.39, 0.29) is 0 Å². The number of nitrogens with one attached hydrogen (secondary N) is 1. The van der Waals surface area contributed by atoms with Crippen molar-refractivity contribution in [1.29, 1.82) is 0 Å². The predicted molar refractivity (Wildman–Crippen MR) is 79.4 cm³/mol. The van der Waals surface area contributed by atoms with Crippen molar-refractivity contribution in [2.75, 3.05) is 18.6 Å². The van der Waals surface area contributed by atoms with E-state index in [4.69, 9.17) is 15.3 Å². The fraction of sp³-hybridized carbons (Fsp3) is 0.400. The first-order valence-corrected chi connectivity index (χ1v) is 6.82. The molecule has 5 heteroatoms. The van der Waals surface area contributed by atoms with Crippen LogP contribution in [0.5, 0.6) is 11.5 Å². The number of fused-ring (bicyclic) bond motifs is 2. The number of nitrogen functional groups attached to an aromatic ring is 1. The van der Waals surface area contributed by atoms with E-state index in [2.05, 4.69) is 24.3 Å². The quantitative estimate of drug-likeness (QED) is 0.650. The lowest BCUT2D eigenvalue weighted by Crippen LogP contribution is -2.16. The molecule has 1 aliphatic heterocycles. The third kappa shape index (κ3) is 1.94. The van der Waals surface area contributed by atoms with Crippen molar-refractivity contribution >= 4 is 16.6 Å². The molecule has 0 saturated heterocycles. The van der Waals surface area contributed by atoms with Crippen molar-refractivity contribution in [3.63, 3.8) is 0 Å². The SMILES string of the molecule is Cc1nc2cc3c(cc2c(NN)c1C(C)C)OCCO3. The van der Waals surface area contributed by atoms with Gasteiger partial charge in [-0.3, -0.25) is 10.8 Å². The van der Waals surface area contributed by atoms with Crippen molar-refractivity contribution in [3.8, 4) is 11.5 Å². The maximum absolute atomic E-state index is 5.75. The third-order valence-electron chi connectivity index (χ3n) is 3.60. The van der Waals surface area contributed by atoms with Gasteiger partial charge in [-0.05, 0) is 18.9 Å². The summed E-state index contributed by atoms with van der Waals surface area (Å²) in [6, 6.07) is 3.87. The van der Waals surface area contributed by atoms with Crippen molar-refractivity contribution < 1.29 is 9.47 Å². The number of benzene rings is 1. The lowest BCUT2D eigenvalue weighted by molar-refractivity contribution is 0.172. The minimum Gasteiger partial charge on any atom is -0.486 e. The average molecular weight is 273 g/mol. The number of nitrogens with two attached hydrogens (primary N) is 1. The molecule has 0 fully saturated rings. The van der Waals surface area contributed by atoms with E-state index in [1.807, 2.05) is 19.1 Å². The minimum absolute atomic E-state index is 0.339. The summed E-state index contributed by atoms with van der Waals surface area (Å²) in [5, 5.41) is 0.964. The van der Waals surface area contributed by atoms with Gasteiger partial charge in [0.15, 0.2) is 11.5 Å². The van der Waals surface area contributed by atoms with E-state index in [1.54, 1.807) is 0 Å². The minimum atomic E-state index is 0.339. The molecule has 0 saturated carbocycles. The number of hydrogen-bond donors (Lipinski definition) is 2. The van der Waals surface area contributed by atoms with Gasteiger partial charge in [-0.1, -0.05) is 13.8 Å². The van der Waals surface area contributed by atoms with Gasteiger partial charge in [0, 0.05) is 22.7 Å². The van der Waals surface area contributed by atoms with E-state index >= 15 is 0 Å². The molecule has 0 amide bonds. The van der Waals surface area contributed by atoms with Crippen LogP contribution < -0.4 is 20.7 Å². The van der Waals surface area contributed by atoms with Gasteiger partial charge in [0.2, 0.25) is 0 Å². The van der Waals surface area contributed by atoms with Gasteiger partial charge in [-0.2, -0.15) is 0 Å². The van der Waals surface area contributed by atoms with Gasteiger partial charge < -0.3 is 14.9 Å². The Kier molecular flexibility index (Phi) is 3.14. The van der Waals surface area contributed by atoms with Crippen LogP contribution in [0.2, 0.25) is 0 Å². The molecular weight excluding hydrogens is 254 g/mol. The van der Waals surface area contributed by atoms with Crippen molar-refractivity contribution in [2.45, 2.75) is 26.7 Å². The normalized spacial score (nSPS) is 13.8. The Hall–Kier alpha value is -2.01. The summed E-state index contributed by atoms with van der Waals surface area (Å²) in [4.78, 5) is 4.68. The second-order valence-corrected chi connectivity index (χ2v) is 5.30. The molecule has 0 unspecified atom stereocenters. The molecule has 3 rings (SSSR count). The number of anilines is 1. The van der Waals surface area contributed by atoms with Crippen molar-refractivity contribution in [3.05, 3.63) is 23.4 Å². The summed E-state index contributed by atoms with van der Waals surface area (Å²) in [6.45, 7) is 7.42. The summed E-state index contributed by atoms with van der Waals surface area (Å²) in [7, 11) is 0. The molecule has 0 spiro atoms. The molecule has 106 valence electrons. The van der Waals surface area contributed by atoms with Gasteiger partial charge in [-0.15, -0.1) is 0 Å². The Balaban J connectivity index is 2.32. The Morgan fingerprint density at radius 3 is 2.45 bits per heavy atom. The average Bonchev–Trinajstić information content (AvgIpc) is 2.43. The van der Waals surface area contributed by atoms with Crippen LogP contribution in [0.1, 0.15) is 31.0 Å². The van der Waals surface area contributed by atoms with Crippen LogP contribution >= 0.6 is 0 Å². The maximum atomic E-state index is 5.75. The molecule has 3 N–H and O–H groups in total. The first-order valence-electron chi connectivity index (χ1n) is 6.82. The number of aromatic nitrogens is 1. The first kappa shape index (κ1) is 13.0. The highest BCUT2D eigenvalue weighted by Gasteiger charge is 2.19. The Labute approximate surface area is 118 Å². The number of aryl methyl sites for hydroxylation is 1. The van der Waals surface area contributed by atoms with Gasteiger partial charge in [0.25, 0.3) is 0 Å². The maximum Gasteiger partial charge on any atom is 0.163 e. The van der Waals surface area contributed by atoms with Crippen LogP contribution in [0.15, 0.2) is 12.1 Å². The fourth-order valence-corrected chi connectivity index (χ4v) is 2.80. The van der Waals surface area contributed by atoms with Gasteiger partial charge in [0.1, 0.15) is 13.2 Å². The highest BCUT2D eigenvalue weighted by molar-refractivity contribution is 5.95. The Morgan fingerprint density at radius 2 is 1.85 bits per heavy atom. The van der Waals surface area contributed by atoms with Crippen molar-refractivity contribution in [2.24, 2.45) is 5.84 Å². The fourth-order valence-electron chi connectivity index (χ4n) is 2.80. The number of hydrogen-bond acceptors (Lipinski definition) is 5. The molecule has 1 aromatic heterocycles. The summed E-state index contributed by atoms with van der Waals surface area (Å²) in [5.74, 6) is 7.59. The zero-order valence-corrected chi connectivity index (χ0v) is 12.0. The molecule has 2 heterocycles. The van der Waals surface area contributed by atoms with Crippen molar-refractivity contribution in [1.82, 2.24) is 4.98 Å². The zero-order valence-electron chi connectivity index (χ0n) is 12.0. The zero-order chi connectivity index (χ0) is 14.3. The van der Waals surface area contributed by atoms with E-state index in [1.165, 1.54) is 0 Å². The number of hydrazine groups is 1. The smallest absolute Gasteiger partial charge is 0.163 e. The monoisotopic (exact) mass is 273 g/mol. The standard InChI is InChI=1S/C15H19N3O2/c1-8(2)14-9(3)17-11-7-13-12(19-4-5-20-13)6-10(11)15(14)18-16/h6-8H,4-5,16H2,1-3H3,(H,17,18). The largest absolute Gasteiger partial charge is 0.486 e. The topological polar surface area (TPSA) is 69.4 Å². The molecule has 5 nitrogen and oxygen atoms in total. The van der Waals surface area contributed by atoms with Crippen LogP contribution in [0.3, 0.4) is 0 Å². The van der Waals surface area contributed by atoms with E-state index < -0.39 is 0 Å². The number of ether oxygens (including phenoxy) is 2. The molecule has 1 aliphatic rings.